The van der Waals surface area contributed by atoms with Gasteiger partial charge in [0, 0.05) is 6.04 Å². The monoisotopic (exact) mass is 227 g/mol. The lowest BCUT2D eigenvalue weighted by Crippen LogP contribution is -2.46. The SMILES string of the molecule is CC(C)CC(C)NC(=O)C1CCC1C(=O)O. The third kappa shape index (κ3) is 3.22. The molecule has 0 radical (unpaired) electrons. The summed E-state index contributed by atoms with van der Waals surface area (Å²) in [4.78, 5) is 22.5. The third-order valence-corrected chi connectivity index (χ3v) is 3.14. The molecular formula is C12H21NO3. The lowest BCUT2D eigenvalue weighted by molar-refractivity contribution is -0.152. The van der Waals surface area contributed by atoms with Crippen LogP contribution >= 0.6 is 0 Å². The van der Waals surface area contributed by atoms with Crippen molar-refractivity contribution in [3.8, 4) is 0 Å². The summed E-state index contributed by atoms with van der Waals surface area (Å²) in [6, 6.07) is 0.127. The lowest BCUT2D eigenvalue weighted by atomic mass is 9.73. The number of carboxylic acid groups (broad SMARTS) is 1. The molecule has 4 heteroatoms. The summed E-state index contributed by atoms with van der Waals surface area (Å²) in [5.41, 5.74) is 0. The van der Waals surface area contributed by atoms with Gasteiger partial charge in [0.1, 0.15) is 0 Å². The summed E-state index contributed by atoms with van der Waals surface area (Å²) in [5, 5.41) is 11.7. The van der Waals surface area contributed by atoms with E-state index >= 15 is 0 Å². The van der Waals surface area contributed by atoms with Gasteiger partial charge in [-0.2, -0.15) is 0 Å². The standard InChI is InChI=1S/C12H21NO3/c1-7(2)6-8(3)13-11(14)9-4-5-10(9)12(15)16/h7-10H,4-6H2,1-3H3,(H,13,14)(H,15,16). The second-order valence-corrected chi connectivity index (χ2v) is 5.17. The summed E-state index contributed by atoms with van der Waals surface area (Å²) < 4.78 is 0. The Labute approximate surface area is 96.4 Å². The van der Waals surface area contributed by atoms with Crippen LogP contribution in [0.25, 0.3) is 0 Å². The van der Waals surface area contributed by atoms with Crippen LogP contribution in [0, 0.1) is 17.8 Å². The Morgan fingerprint density at radius 3 is 2.19 bits per heavy atom. The van der Waals surface area contributed by atoms with Gasteiger partial charge >= 0.3 is 5.97 Å². The molecule has 2 N–H and O–H groups in total. The third-order valence-electron chi connectivity index (χ3n) is 3.14. The Morgan fingerprint density at radius 1 is 1.25 bits per heavy atom. The summed E-state index contributed by atoms with van der Waals surface area (Å²) in [6.07, 6.45) is 2.26. The summed E-state index contributed by atoms with van der Waals surface area (Å²) >= 11 is 0. The molecule has 0 bridgehead atoms. The normalized spacial score (nSPS) is 26.0. The largest absolute Gasteiger partial charge is 0.481 e. The number of hydrogen-bond donors (Lipinski definition) is 2. The Morgan fingerprint density at radius 2 is 1.81 bits per heavy atom. The number of carbonyl (C=O) groups excluding carboxylic acids is 1. The smallest absolute Gasteiger partial charge is 0.307 e. The molecule has 3 unspecified atom stereocenters. The first kappa shape index (κ1) is 13.0. The van der Waals surface area contributed by atoms with E-state index in [9.17, 15) is 9.59 Å². The number of carboxylic acids is 1. The number of amides is 1. The maximum atomic E-state index is 11.8. The van der Waals surface area contributed by atoms with Gasteiger partial charge in [0.15, 0.2) is 0 Å². The zero-order valence-corrected chi connectivity index (χ0v) is 10.2. The zero-order chi connectivity index (χ0) is 12.3. The molecule has 1 aliphatic rings. The van der Waals surface area contributed by atoms with Gasteiger partial charge in [-0.1, -0.05) is 13.8 Å². The van der Waals surface area contributed by atoms with Crippen LogP contribution < -0.4 is 5.32 Å². The molecule has 0 aromatic carbocycles. The minimum absolute atomic E-state index is 0.0909. The molecule has 0 heterocycles. The van der Waals surface area contributed by atoms with Crippen LogP contribution in [0.2, 0.25) is 0 Å². The quantitative estimate of drug-likeness (QED) is 0.750. The lowest BCUT2D eigenvalue weighted by Gasteiger charge is -2.33. The Bertz CT molecular complexity index is 275. The fourth-order valence-electron chi connectivity index (χ4n) is 2.23. The van der Waals surface area contributed by atoms with Crippen LogP contribution in [0.3, 0.4) is 0 Å². The van der Waals surface area contributed by atoms with Crippen molar-refractivity contribution in [2.45, 2.75) is 46.1 Å². The fourth-order valence-corrected chi connectivity index (χ4v) is 2.23. The predicted molar refractivity (Wildman–Crippen MR) is 60.9 cm³/mol. The summed E-state index contributed by atoms with van der Waals surface area (Å²) in [6.45, 7) is 6.17. The summed E-state index contributed by atoms with van der Waals surface area (Å²) in [7, 11) is 0. The highest BCUT2D eigenvalue weighted by Gasteiger charge is 2.41. The molecule has 0 aromatic rings. The highest BCUT2D eigenvalue weighted by molar-refractivity contribution is 5.86. The van der Waals surface area contributed by atoms with E-state index in [4.69, 9.17) is 5.11 Å². The highest BCUT2D eigenvalue weighted by Crippen LogP contribution is 2.34. The van der Waals surface area contributed by atoms with Gasteiger partial charge in [0.25, 0.3) is 0 Å². The molecule has 4 nitrogen and oxygen atoms in total. The van der Waals surface area contributed by atoms with Crippen molar-refractivity contribution in [1.82, 2.24) is 5.32 Å². The molecule has 0 aliphatic heterocycles. The maximum Gasteiger partial charge on any atom is 0.307 e. The molecule has 1 fully saturated rings. The molecule has 92 valence electrons. The van der Waals surface area contributed by atoms with Crippen LogP contribution in [0.1, 0.15) is 40.0 Å². The minimum Gasteiger partial charge on any atom is -0.481 e. The topological polar surface area (TPSA) is 66.4 Å². The van der Waals surface area contributed by atoms with E-state index in [0.29, 0.717) is 18.8 Å². The first-order valence-electron chi connectivity index (χ1n) is 5.95. The molecule has 1 rings (SSSR count). The van der Waals surface area contributed by atoms with Gasteiger partial charge in [-0.25, -0.2) is 0 Å². The van der Waals surface area contributed by atoms with Crippen molar-refractivity contribution in [2.24, 2.45) is 17.8 Å². The van der Waals surface area contributed by atoms with Gasteiger partial charge in [-0.15, -0.1) is 0 Å². The molecule has 0 spiro atoms. The van der Waals surface area contributed by atoms with E-state index in [1.54, 1.807) is 0 Å². The van der Waals surface area contributed by atoms with E-state index in [1.807, 2.05) is 6.92 Å². The molecule has 0 aromatic heterocycles. The van der Waals surface area contributed by atoms with Crippen LogP contribution in [0.15, 0.2) is 0 Å². The van der Waals surface area contributed by atoms with Gasteiger partial charge in [0.2, 0.25) is 5.91 Å². The molecule has 3 atom stereocenters. The molecule has 16 heavy (non-hydrogen) atoms. The number of nitrogens with one attached hydrogen (secondary N) is 1. The van der Waals surface area contributed by atoms with E-state index in [-0.39, 0.29) is 17.9 Å². The second kappa shape index (κ2) is 5.32. The van der Waals surface area contributed by atoms with E-state index in [0.717, 1.165) is 6.42 Å². The Hall–Kier alpha value is -1.06. The van der Waals surface area contributed by atoms with E-state index in [2.05, 4.69) is 19.2 Å². The number of aliphatic carboxylic acids is 1. The highest BCUT2D eigenvalue weighted by atomic mass is 16.4. The maximum absolute atomic E-state index is 11.8. The van der Waals surface area contributed by atoms with Crippen LogP contribution in [-0.4, -0.2) is 23.0 Å². The average Bonchev–Trinajstić information content (AvgIpc) is 1.96. The number of carbonyl (C=O) groups is 2. The van der Waals surface area contributed by atoms with Crippen molar-refractivity contribution in [3.05, 3.63) is 0 Å². The van der Waals surface area contributed by atoms with Crippen LogP contribution in [0.5, 0.6) is 0 Å². The minimum atomic E-state index is -0.845. The number of rotatable bonds is 5. The number of hydrogen-bond acceptors (Lipinski definition) is 2. The van der Waals surface area contributed by atoms with E-state index < -0.39 is 11.9 Å². The predicted octanol–water partition coefficient (Wildman–Crippen LogP) is 1.65. The van der Waals surface area contributed by atoms with Gasteiger partial charge in [-0.3, -0.25) is 9.59 Å². The molecular weight excluding hydrogens is 206 g/mol. The molecule has 0 saturated heterocycles. The Kier molecular flexibility index (Phi) is 4.33. The second-order valence-electron chi connectivity index (χ2n) is 5.17. The van der Waals surface area contributed by atoms with Crippen molar-refractivity contribution in [1.29, 1.82) is 0 Å². The van der Waals surface area contributed by atoms with Gasteiger partial charge in [0.05, 0.1) is 11.8 Å². The molecule has 1 aliphatic carbocycles. The Balaban J connectivity index is 2.38. The van der Waals surface area contributed by atoms with Crippen molar-refractivity contribution in [3.63, 3.8) is 0 Å². The van der Waals surface area contributed by atoms with Crippen molar-refractivity contribution >= 4 is 11.9 Å². The first-order chi connectivity index (χ1) is 7.41. The van der Waals surface area contributed by atoms with Crippen LogP contribution in [-0.2, 0) is 9.59 Å². The van der Waals surface area contributed by atoms with Gasteiger partial charge < -0.3 is 10.4 Å². The summed E-state index contributed by atoms with van der Waals surface area (Å²) in [5.74, 6) is -1.18. The van der Waals surface area contributed by atoms with Gasteiger partial charge in [-0.05, 0) is 32.1 Å². The first-order valence-corrected chi connectivity index (χ1v) is 5.95. The average molecular weight is 227 g/mol. The van der Waals surface area contributed by atoms with Crippen molar-refractivity contribution < 1.29 is 14.7 Å². The fraction of sp³-hybridized carbons (Fsp3) is 0.833. The zero-order valence-electron chi connectivity index (χ0n) is 10.2. The van der Waals surface area contributed by atoms with Crippen molar-refractivity contribution in [2.75, 3.05) is 0 Å². The van der Waals surface area contributed by atoms with E-state index in [1.165, 1.54) is 0 Å². The molecule has 1 saturated carbocycles. The van der Waals surface area contributed by atoms with Crippen LogP contribution in [0.4, 0.5) is 0 Å². The molecule has 1 amide bonds.